The van der Waals surface area contributed by atoms with Gasteiger partial charge in [0.1, 0.15) is 11.6 Å². The quantitative estimate of drug-likeness (QED) is 0.693. The molecule has 1 atom stereocenters. The largest absolute Gasteiger partial charge is 0.399 e. The summed E-state index contributed by atoms with van der Waals surface area (Å²) in [5, 5.41) is 3.62. The molecule has 4 heteroatoms. The average Bonchev–Trinajstić information content (AvgIpc) is 2.62. The number of benzene rings is 2. The molecule has 0 amide bonds. The second-order valence-corrected chi connectivity index (χ2v) is 6.60. The zero-order valence-electron chi connectivity index (χ0n) is 14.4. The molecular formula is C21H22N4. The molecule has 3 N–H and O–H groups in total. The minimum atomic E-state index is 0.299. The summed E-state index contributed by atoms with van der Waals surface area (Å²) in [7, 11) is 0. The van der Waals surface area contributed by atoms with Gasteiger partial charge in [0.15, 0.2) is 0 Å². The zero-order chi connectivity index (χ0) is 17.2. The first-order chi connectivity index (χ1) is 12.2. The van der Waals surface area contributed by atoms with Gasteiger partial charge in [0.2, 0.25) is 0 Å². The van der Waals surface area contributed by atoms with E-state index in [1.54, 1.807) is 0 Å². The Balaban J connectivity index is 1.66. The lowest BCUT2D eigenvalue weighted by Gasteiger charge is -2.27. The second-order valence-electron chi connectivity index (χ2n) is 6.60. The highest BCUT2D eigenvalue weighted by atomic mass is 15.0. The van der Waals surface area contributed by atoms with E-state index in [0.717, 1.165) is 41.4 Å². The fourth-order valence-corrected chi connectivity index (χ4v) is 3.57. The van der Waals surface area contributed by atoms with Crippen molar-refractivity contribution in [3.63, 3.8) is 0 Å². The number of aromatic nitrogens is 2. The Bertz CT molecular complexity index is 904. The predicted octanol–water partition coefficient (Wildman–Crippen LogP) is 4.52. The number of anilines is 2. The summed E-state index contributed by atoms with van der Waals surface area (Å²) in [5.41, 5.74) is 11.4. The summed E-state index contributed by atoms with van der Waals surface area (Å²) in [6, 6.07) is 18.8. The number of rotatable bonds is 3. The van der Waals surface area contributed by atoms with Gasteiger partial charge in [0, 0.05) is 17.3 Å². The Morgan fingerprint density at radius 1 is 1.04 bits per heavy atom. The van der Waals surface area contributed by atoms with Gasteiger partial charge in [0.05, 0.1) is 11.7 Å². The highest BCUT2D eigenvalue weighted by molar-refractivity contribution is 5.66. The Morgan fingerprint density at radius 3 is 2.80 bits per heavy atom. The Labute approximate surface area is 148 Å². The topological polar surface area (TPSA) is 63.8 Å². The summed E-state index contributed by atoms with van der Waals surface area (Å²) in [4.78, 5) is 9.17. The fourth-order valence-electron chi connectivity index (χ4n) is 3.57. The van der Waals surface area contributed by atoms with Gasteiger partial charge in [-0.3, -0.25) is 0 Å². The van der Waals surface area contributed by atoms with E-state index >= 15 is 0 Å². The molecule has 2 aromatic carbocycles. The number of hydrogen-bond acceptors (Lipinski definition) is 4. The van der Waals surface area contributed by atoms with Crippen molar-refractivity contribution in [3.8, 4) is 11.3 Å². The lowest BCUT2D eigenvalue weighted by molar-refractivity contribution is 0.598. The molecule has 1 unspecified atom stereocenters. The number of nitrogens with one attached hydrogen (secondary N) is 1. The van der Waals surface area contributed by atoms with E-state index in [9.17, 15) is 0 Å². The van der Waals surface area contributed by atoms with Crippen molar-refractivity contribution in [1.82, 2.24) is 9.97 Å². The van der Waals surface area contributed by atoms with Crippen LogP contribution in [0.4, 0.5) is 11.5 Å². The summed E-state index contributed by atoms with van der Waals surface area (Å²) in [5.74, 6) is 1.62. The van der Waals surface area contributed by atoms with Gasteiger partial charge in [-0.25, -0.2) is 9.97 Å². The van der Waals surface area contributed by atoms with E-state index in [4.69, 9.17) is 5.73 Å². The molecule has 0 aliphatic heterocycles. The molecule has 126 valence electrons. The summed E-state index contributed by atoms with van der Waals surface area (Å²) in [6.45, 7) is 1.93. The fraction of sp³-hybridized carbons (Fsp3) is 0.238. The third-order valence-electron chi connectivity index (χ3n) is 4.71. The van der Waals surface area contributed by atoms with E-state index in [2.05, 4.69) is 39.6 Å². The van der Waals surface area contributed by atoms with Gasteiger partial charge in [-0.15, -0.1) is 0 Å². The van der Waals surface area contributed by atoms with Crippen LogP contribution in [0.15, 0.2) is 54.6 Å². The van der Waals surface area contributed by atoms with Crippen LogP contribution in [-0.2, 0) is 6.42 Å². The van der Waals surface area contributed by atoms with Crippen LogP contribution in [0.1, 0.15) is 35.8 Å². The molecule has 1 aromatic heterocycles. The molecule has 0 saturated heterocycles. The zero-order valence-corrected chi connectivity index (χ0v) is 14.4. The van der Waals surface area contributed by atoms with Gasteiger partial charge in [-0.2, -0.15) is 0 Å². The lowest BCUT2D eigenvalue weighted by Crippen LogP contribution is -2.18. The van der Waals surface area contributed by atoms with Crippen LogP contribution in [0.3, 0.4) is 0 Å². The third kappa shape index (κ3) is 3.33. The minimum Gasteiger partial charge on any atom is -0.399 e. The van der Waals surface area contributed by atoms with E-state index in [-0.39, 0.29) is 0 Å². The Hall–Kier alpha value is -2.88. The number of fused-ring (bicyclic) bond motifs is 1. The lowest BCUT2D eigenvalue weighted by atomic mass is 9.88. The van der Waals surface area contributed by atoms with Gasteiger partial charge in [0.25, 0.3) is 0 Å². The van der Waals surface area contributed by atoms with Gasteiger partial charge in [-0.05, 0) is 49.4 Å². The molecular weight excluding hydrogens is 308 g/mol. The van der Waals surface area contributed by atoms with Gasteiger partial charge >= 0.3 is 0 Å². The molecule has 1 heterocycles. The number of hydrogen-bond donors (Lipinski definition) is 2. The number of aryl methyl sites for hydroxylation is 2. The predicted molar refractivity (Wildman–Crippen MR) is 102 cm³/mol. The molecule has 0 radical (unpaired) electrons. The van der Waals surface area contributed by atoms with Crippen molar-refractivity contribution in [1.29, 1.82) is 0 Å². The van der Waals surface area contributed by atoms with Crippen molar-refractivity contribution < 1.29 is 0 Å². The summed E-state index contributed by atoms with van der Waals surface area (Å²) >= 11 is 0. The average molecular weight is 330 g/mol. The minimum absolute atomic E-state index is 0.299. The van der Waals surface area contributed by atoms with Crippen LogP contribution in [-0.4, -0.2) is 9.97 Å². The van der Waals surface area contributed by atoms with E-state index < -0.39 is 0 Å². The van der Waals surface area contributed by atoms with Gasteiger partial charge in [-0.1, -0.05) is 36.4 Å². The number of nitrogen functional groups attached to an aromatic ring is 1. The van der Waals surface area contributed by atoms with Crippen molar-refractivity contribution in [2.75, 3.05) is 11.1 Å². The summed E-state index contributed by atoms with van der Waals surface area (Å²) in [6.07, 6.45) is 3.47. The van der Waals surface area contributed by atoms with E-state index in [1.807, 2.05) is 37.3 Å². The smallest absolute Gasteiger partial charge is 0.130 e. The molecule has 1 aliphatic carbocycles. The maximum Gasteiger partial charge on any atom is 0.130 e. The number of nitrogens with two attached hydrogens (primary N) is 1. The molecule has 0 bridgehead atoms. The molecule has 3 aromatic rings. The Morgan fingerprint density at radius 2 is 1.92 bits per heavy atom. The molecule has 0 fully saturated rings. The summed E-state index contributed by atoms with van der Waals surface area (Å²) < 4.78 is 0. The number of nitrogens with zero attached hydrogens (tertiary/aromatic N) is 2. The first kappa shape index (κ1) is 15.6. The van der Waals surface area contributed by atoms with Crippen LogP contribution in [0.25, 0.3) is 11.3 Å². The molecule has 4 rings (SSSR count). The van der Waals surface area contributed by atoms with Crippen molar-refractivity contribution in [2.24, 2.45) is 0 Å². The molecule has 0 spiro atoms. The Kier molecular flexibility index (Phi) is 4.10. The maximum absolute atomic E-state index is 5.92. The molecule has 25 heavy (non-hydrogen) atoms. The molecule has 1 aliphatic rings. The van der Waals surface area contributed by atoms with Crippen molar-refractivity contribution >= 4 is 11.5 Å². The van der Waals surface area contributed by atoms with Crippen molar-refractivity contribution in [3.05, 3.63) is 71.5 Å². The maximum atomic E-state index is 5.92. The van der Waals surface area contributed by atoms with E-state index in [1.165, 1.54) is 17.5 Å². The van der Waals surface area contributed by atoms with Crippen LogP contribution < -0.4 is 11.1 Å². The molecule has 0 saturated carbocycles. The first-order valence-electron chi connectivity index (χ1n) is 8.75. The molecule has 4 nitrogen and oxygen atoms in total. The first-order valence-corrected chi connectivity index (χ1v) is 8.75. The SMILES string of the molecule is Cc1nc(NC2CCCc3ccccc32)cc(-c2cccc(N)c2)n1. The van der Waals surface area contributed by atoms with Crippen LogP contribution in [0.5, 0.6) is 0 Å². The monoisotopic (exact) mass is 330 g/mol. The standard InChI is InChI=1S/C21H22N4/c1-14-23-20(16-8-4-9-17(22)12-16)13-21(24-14)25-19-11-5-7-15-6-2-3-10-18(15)19/h2-4,6,8-10,12-13,19H,5,7,11,22H2,1H3,(H,23,24,25). The van der Waals surface area contributed by atoms with Crippen LogP contribution in [0, 0.1) is 6.92 Å². The van der Waals surface area contributed by atoms with E-state index in [0.29, 0.717) is 6.04 Å². The van der Waals surface area contributed by atoms with Crippen LogP contribution in [0.2, 0.25) is 0 Å². The third-order valence-corrected chi connectivity index (χ3v) is 4.71. The second kappa shape index (κ2) is 6.55. The normalized spacial score (nSPS) is 16.3. The highest BCUT2D eigenvalue weighted by Crippen LogP contribution is 2.32. The van der Waals surface area contributed by atoms with Crippen LogP contribution >= 0.6 is 0 Å². The van der Waals surface area contributed by atoms with Gasteiger partial charge < -0.3 is 11.1 Å². The van der Waals surface area contributed by atoms with Crippen molar-refractivity contribution in [2.45, 2.75) is 32.2 Å². The highest BCUT2D eigenvalue weighted by Gasteiger charge is 2.20.